The predicted molar refractivity (Wildman–Crippen MR) is 129 cm³/mol. The summed E-state index contributed by atoms with van der Waals surface area (Å²) in [5.41, 5.74) is 0. The van der Waals surface area contributed by atoms with Crippen molar-refractivity contribution < 1.29 is 23.8 Å². The highest BCUT2D eigenvalue weighted by atomic mass is 32.1. The van der Waals surface area contributed by atoms with E-state index in [4.69, 9.17) is 14.2 Å². The van der Waals surface area contributed by atoms with Crippen LogP contribution in [0.2, 0.25) is 0 Å². The molecule has 3 aliphatic rings. The minimum absolute atomic E-state index is 0.0920. The Labute approximate surface area is 204 Å². The Kier molecular flexibility index (Phi) is 7.35. The van der Waals surface area contributed by atoms with Gasteiger partial charge in [0.1, 0.15) is 12.6 Å². The van der Waals surface area contributed by atoms with E-state index in [-0.39, 0.29) is 30.6 Å². The summed E-state index contributed by atoms with van der Waals surface area (Å²) in [6.45, 7) is 1.14. The number of nitrogens with one attached hydrogen (secondary N) is 1. The van der Waals surface area contributed by atoms with Gasteiger partial charge in [-0.3, -0.25) is 9.59 Å². The molecule has 7 nitrogen and oxygen atoms in total. The molecule has 1 N–H and O–H groups in total. The summed E-state index contributed by atoms with van der Waals surface area (Å²) in [4.78, 5) is 30.1. The van der Waals surface area contributed by atoms with Gasteiger partial charge in [-0.1, -0.05) is 37.5 Å². The van der Waals surface area contributed by atoms with E-state index in [9.17, 15) is 9.59 Å². The quantitative estimate of drug-likeness (QED) is 0.641. The first-order valence-corrected chi connectivity index (χ1v) is 13.2. The third-order valence-electron chi connectivity index (χ3n) is 6.82. The molecule has 182 valence electrons. The molecule has 1 saturated carbocycles. The smallest absolute Gasteiger partial charge is 0.268 e. The molecule has 1 aromatic heterocycles. The van der Waals surface area contributed by atoms with Gasteiger partial charge in [-0.25, -0.2) is 0 Å². The summed E-state index contributed by atoms with van der Waals surface area (Å²) in [7, 11) is 0. The predicted octanol–water partition coefficient (Wildman–Crippen LogP) is 4.09. The van der Waals surface area contributed by atoms with Crippen LogP contribution in [0.4, 0.5) is 0 Å². The van der Waals surface area contributed by atoms with Crippen LogP contribution in [0.3, 0.4) is 0 Å². The van der Waals surface area contributed by atoms with Gasteiger partial charge in [0, 0.05) is 24.1 Å². The molecule has 34 heavy (non-hydrogen) atoms. The maximum Gasteiger partial charge on any atom is 0.268 e. The van der Waals surface area contributed by atoms with Gasteiger partial charge in [0.05, 0.1) is 6.10 Å². The third kappa shape index (κ3) is 5.23. The normalized spacial score (nSPS) is 23.3. The van der Waals surface area contributed by atoms with Crippen LogP contribution in [0, 0.1) is 0 Å². The highest BCUT2D eigenvalue weighted by molar-refractivity contribution is 7.10. The number of hydrogen-bond donors (Lipinski definition) is 1. The fourth-order valence-corrected chi connectivity index (χ4v) is 5.89. The van der Waals surface area contributed by atoms with Gasteiger partial charge < -0.3 is 24.4 Å². The van der Waals surface area contributed by atoms with Crippen molar-refractivity contribution in [2.45, 2.75) is 69.2 Å². The fraction of sp³-hybridized carbons (Fsp3) is 0.538. The lowest BCUT2D eigenvalue weighted by molar-refractivity contribution is -0.150. The molecule has 1 aliphatic carbocycles. The molecular formula is C26H32N2O5S. The zero-order valence-electron chi connectivity index (χ0n) is 19.3. The topological polar surface area (TPSA) is 77.1 Å². The van der Waals surface area contributed by atoms with Gasteiger partial charge in [-0.2, -0.15) is 0 Å². The number of benzene rings is 1. The molecule has 2 aliphatic heterocycles. The van der Waals surface area contributed by atoms with Gasteiger partial charge in [0.2, 0.25) is 12.0 Å². The minimum atomic E-state index is -0.818. The molecule has 5 rings (SSSR count). The molecule has 2 fully saturated rings. The average molecular weight is 485 g/mol. The maximum absolute atomic E-state index is 13.9. The Morgan fingerprint density at radius 2 is 1.85 bits per heavy atom. The van der Waals surface area contributed by atoms with Crippen LogP contribution in [-0.4, -0.2) is 54.7 Å². The largest absolute Gasteiger partial charge is 0.485 e. The second-order valence-electron chi connectivity index (χ2n) is 9.25. The first-order chi connectivity index (χ1) is 16.7. The number of carbonyl (C=O) groups excluding carboxylic acids is 2. The molecule has 3 atom stereocenters. The number of para-hydroxylation sites is 2. The molecule has 0 bridgehead atoms. The maximum atomic E-state index is 13.9. The Morgan fingerprint density at radius 3 is 2.59 bits per heavy atom. The van der Waals surface area contributed by atoms with Crippen LogP contribution in [0.1, 0.15) is 55.9 Å². The van der Waals surface area contributed by atoms with E-state index < -0.39 is 12.1 Å². The van der Waals surface area contributed by atoms with Crippen LogP contribution < -0.4 is 14.8 Å². The lowest BCUT2D eigenvalue weighted by Crippen LogP contribution is -2.54. The Balaban J connectivity index is 1.41. The molecule has 1 aromatic carbocycles. The first kappa shape index (κ1) is 23.2. The molecule has 0 spiro atoms. The van der Waals surface area contributed by atoms with Crippen molar-refractivity contribution in [3.63, 3.8) is 0 Å². The van der Waals surface area contributed by atoms with E-state index >= 15 is 0 Å². The fourth-order valence-electron chi connectivity index (χ4n) is 5.05. The van der Waals surface area contributed by atoms with Crippen molar-refractivity contribution in [1.82, 2.24) is 10.2 Å². The molecule has 3 heterocycles. The van der Waals surface area contributed by atoms with Crippen LogP contribution in [0.5, 0.6) is 11.5 Å². The van der Waals surface area contributed by atoms with E-state index in [1.165, 1.54) is 17.8 Å². The summed E-state index contributed by atoms with van der Waals surface area (Å²) >= 11 is 1.49. The zero-order valence-corrected chi connectivity index (χ0v) is 20.1. The van der Waals surface area contributed by atoms with E-state index in [0.29, 0.717) is 24.7 Å². The monoisotopic (exact) mass is 484 g/mol. The first-order valence-electron chi connectivity index (χ1n) is 12.3. The number of carbonyl (C=O) groups is 2. The highest BCUT2D eigenvalue weighted by Gasteiger charge is 2.40. The lowest BCUT2D eigenvalue weighted by atomic mass is 9.95. The summed E-state index contributed by atoms with van der Waals surface area (Å²) in [6.07, 6.45) is 6.35. The molecule has 0 unspecified atom stereocenters. The highest BCUT2D eigenvalue weighted by Crippen LogP contribution is 2.34. The second kappa shape index (κ2) is 10.8. The number of nitrogens with zero attached hydrogens (tertiary/aromatic N) is 1. The van der Waals surface area contributed by atoms with Crippen molar-refractivity contribution in [3.8, 4) is 11.5 Å². The number of rotatable bonds is 7. The number of ether oxygens (including phenoxy) is 3. The summed E-state index contributed by atoms with van der Waals surface area (Å²) < 4.78 is 17.8. The van der Waals surface area contributed by atoms with Crippen molar-refractivity contribution in [2.75, 3.05) is 19.8 Å². The number of fused-ring (bicyclic) bond motifs is 1. The number of hydrogen-bond acceptors (Lipinski definition) is 6. The summed E-state index contributed by atoms with van der Waals surface area (Å²) in [5, 5.41) is 5.19. The van der Waals surface area contributed by atoms with Crippen molar-refractivity contribution in [3.05, 3.63) is 46.7 Å². The second-order valence-corrected chi connectivity index (χ2v) is 10.2. The molecule has 8 heteroatoms. The van der Waals surface area contributed by atoms with Crippen LogP contribution in [-0.2, 0) is 14.3 Å². The van der Waals surface area contributed by atoms with Crippen molar-refractivity contribution in [2.24, 2.45) is 0 Å². The number of amides is 2. The molecule has 1 saturated heterocycles. The van der Waals surface area contributed by atoms with E-state index in [2.05, 4.69) is 5.32 Å². The Bertz CT molecular complexity index is 969. The molecule has 2 amide bonds. The van der Waals surface area contributed by atoms with E-state index in [1.807, 2.05) is 35.7 Å². The van der Waals surface area contributed by atoms with Gasteiger partial charge in [0.15, 0.2) is 11.5 Å². The minimum Gasteiger partial charge on any atom is -0.485 e. The average Bonchev–Trinajstić information content (AvgIpc) is 3.58. The standard InChI is InChI=1S/C26H32N2O5S/c29-25(27-18-8-2-1-3-9-18)24(23-13-7-15-34-23)28(16-19-10-6-14-31-19)26(30)22-17-32-20-11-4-5-12-21(20)33-22/h4-5,7,11-13,15,18-19,22,24H,1-3,6,8-10,14,16-17H2,(H,27,29)/t19-,22+,24-/m0/s1. The SMILES string of the molecule is O=C(NC1CCCCC1)[C@H](c1cccs1)N(C[C@@H]1CCCO1)C(=O)[C@H]1COc2ccccc2O1. The van der Waals surface area contributed by atoms with Gasteiger partial charge in [-0.15, -0.1) is 11.3 Å². The van der Waals surface area contributed by atoms with Crippen LogP contribution in [0.15, 0.2) is 41.8 Å². The summed E-state index contributed by atoms with van der Waals surface area (Å²) in [5.74, 6) is 0.797. The van der Waals surface area contributed by atoms with Gasteiger partial charge in [0.25, 0.3) is 5.91 Å². The van der Waals surface area contributed by atoms with Crippen LogP contribution in [0.25, 0.3) is 0 Å². The van der Waals surface area contributed by atoms with Gasteiger partial charge >= 0.3 is 0 Å². The molecule has 0 radical (unpaired) electrons. The Morgan fingerprint density at radius 1 is 1.03 bits per heavy atom. The van der Waals surface area contributed by atoms with Gasteiger partial charge in [-0.05, 0) is 49.3 Å². The molecule has 2 aromatic rings. The number of thiophene rings is 1. The zero-order chi connectivity index (χ0) is 23.3. The van der Waals surface area contributed by atoms with Crippen molar-refractivity contribution >= 4 is 23.2 Å². The van der Waals surface area contributed by atoms with Crippen molar-refractivity contribution in [1.29, 1.82) is 0 Å². The Hall–Kier alpha value is -2.58. The third-order valence-corrected chi connectivity index (χ3v) is 7.74. The molecular weight excluding hydrogens is 452 g/mol. The van der Waals surface area contributed by atoms with E-state index in [1.54, 1.807) is 11.0 Å². The van der Waals surface area contributed by atoms with E-state index in [0.717, 1.165) is 43.4 Å². The summed E-state index contributed by atoms with van der Waals surface area (Å²) in [6, 6.07) is 10.6. The lowest BCUT2D eigenvalue weighted by Gasteiger charge is -2.36. The van der Waals surface area contributed by atoms with Crippen LogP contribution >= 0.6 is 11.3 Å².